The number of nitrogens with zero attached hydrogens (tertiary/aromatic N) is 1. The number of pyridine rings is 1. The normalized spacial score (nSPS) is 10.5. The molecular weight excluding hydrogens is 294 g/mol. The van der Waals surface area contributed by atoms with Crippen LogP contribution in [0, 0.1) is 0 Å². The average Bonchev–Trinajstić information content (AvgIpc) is 2.57. The van der Waals surface area contributed by atoms with Gasteiger partial charge >= 0.3 is 0 Å². The van der Waals surface area contributed by atoms with Gasteiger partial charge in [-0.3, -0.25) is 19.8 Å². The lowest BCUT2D eigenvalue weighted by Gasteiger charge is -2.06. The number of carbonyl (C=O) groups is 2. The van der Waals surface area contributed by atoms with Crippen LogP contribution in [0.5, 0.6) is 0 Å². The summed E-state index contributed by atoms with van der Waals surface area (Å²) in [6.45, 7) is 0. The monoisotopic (exact) mass is 315 g/mol. The third kappa shape index (κ3) is 5.67. The van der Waals surface area contributed by atoms with E-state index in [0.29, 0.717) is 24.9 Å². The zero-order valence-corrected chi connectivity index (χ0v) is 12.9. The van der Waals surface area contributed by atoms with E-state index in [1.54, 1.807) is 11.7 Å². The first-order valence-electron chi connectivity index (χ1n) is 7.76. The second kappa shape index (κ2) is 8.85. The molecule has 1 aromatic heterocycles. The van der Waals surface area contributed by atoms with Crippen LogP contribution in [-0.2, 0) is 9.59 Å². The fraction of sp³-hybridized carbons (Fsp3) is 0.353. The highest BCUT2D eigenvalue weighted by Crippen LogP contribution is 2.16. The van der Waals surface area contributed by atoms with Gasteiger partial charge in [-0.25, -0.2) is 5.48 Å². The molecule has 1 aromatic carbocycles. The van der Waals surface area contributed by atoms with E-state index in [1.165, 1.54) is 0 Å². The first kappa shape index (κ1) is 16.9. The van der Waals surface area contributed by atoms with Crippen molar-refractivity contribution >= 4 is 28.4 Å². The molecule has 0 radical (unpaired) electrons. The van der Waals surface area contributed by atoms with Crippen molar-refractivity contribution in [3.63, 3.8) is 0 Å². The Morgan fingerprint density at radius 2 is 1.70 bits per heavy atom. The second-order valence-electron chi connectivity index (χ2n) is 5.41. The maximum Gasteiger partial charge on any atom is 0.243 e. The van der Waals surface area contributed by atoms with Gasteiger partial charge in [0.05, 0.1) is 17.4 Å². The number of fused-ring (bicyclic) bond motifs is 1. The summed E-state index contributed by atoms with van der Waals surface area (Å²) < 4.78 is 0. The number of para-hydroxylation sites is 1. The third-order valence-electron chi connectivity index (χ3n) is 3.56. The average molecular weight is 315 g/mol. The summed E-state index contributed by atoms with van der Waals surface area (Å²) in [6.07, 6.45) is 5.63. The summed E-state index contributed by atoms with van der Waals surface area (Å²) in [6, 6.07) is 9.66. The molecular formula is C17H21N3O3. The minimum Gasteiger partial charge on any atom is -0.325 e. The van der Waals surface area contributed by atoms with Crippen LogP contribution in [0.4, 0.5) is 5.69 Å². The topological polar surface area (TPSA) is 91.3 Å². The van der Waals surface area contributed by atoms with E-state index in [4.69, 9.17) is 5.21 Å². The van der Waals surface area contributed by atoms with Gasteiger partial charge in [0.2, 0.25) is 11.8 Å². The van der Waals surface area contributed by atoms with E-state index < -0.39 is 0 Å². The summed E-state index contributed by atoms with van der Waals surface area (Å²) >= 11 is 0. The highest BCUT2D eigenvalue weighted by molar-refractivity contribution is 5.93. The van der Waals surface area contributed by atoms with Gasteiger partial charge in [-0.1, -0.05) is 31.0 Å². The molecule has 0 aliphatic carbocycles. The lowest BCUT2D eigenvalue weighted by molar-refractivity contribution is -0.129. The minimum absolute atomic E-state index is 0.0322. The molecule has 0 aliphatic heterocycles. The summed E-state index contributed by atoms with van der Waals surface area (Å²) in [7, 11) is 0. The smallest absolute Gasteiger partial charge is 0.243 e. The minimum atomic E-state index is -0.369. The molecule has 0 unspecified atom stereocenters. The van der Waals surface area contributed by atoms with E-state index in [9.17, 15) is 9.59 Å². The van der Waals surface area contributed by atoms with Gasteiger partial charge in [-0.2, -0.15) is 0 Å². The summed E-state index contributed by atoms with van der Waals surface area (Å²) in [5, 5.41) is 12.2. The lowest BCUT2D eigenvalue weighted by Crippen LogP contribution is -2.17. The quantitative estimate of drug-likeness (QED) is 0.397. The van der Waals surface area contributed by atoms with Gasteiger partial charge in [-0.15, -0.1) is 0 Å². The number of rotatable bonds is 8. The summed E-state index contributed by atoms with van der Waals surface area (Å²) in [5.41, 5.74) is 3.21. The second-order valence-corrected chi connectivity index (χ2v) is 5.41. The molecule has 2 amide bonds. The standard InChI is InChI=1S/C17H21N3O3/c21-16(9-3-1-2-4-10-17(22)20-23)19-14-11-13-7-5-6-8-15(13)18-12-14/h5-8,11-12,23H,1-4,9-10H2,(H,19,21)(H,20,22). The Morgan fingerprint density at radius 3 is 2.43 bits per heavy atom. The largest absolute Gasteiger partial charge is 0.325 e. The Balaban J connectivity index is 1.68. The van der Waals surface area contributed by atoms with Crippen LogP contribution >= 0.6 is 0 Å². The third-order valence-corrected chi connectivity index (χ3v) is 3.56. The predicted molar refractivity (Wildman–Crippen MR) is 88.0 cm³/mol. The van der Waals surface area contributed by atoms with Gasteiger partial charge in [0.15, 0.2) is 0 Å². The van der Waals surface area contributed by atoms with E-state index in [2.05, 4.69) is 10.3 Å². The van der Waals surface area contributed by atoms with Crippen molar-refractivity contribution < 1.29 is 14.8 Å². The maximum absolute atomic E-state index is 11.9. The number of carbonyl (C=O) groups excluding carboxylic acids is 2. The van der Waals surface area contributed by atoms with Gasteiger partial charge < -0.3 is 5.32 Å². The van der Waals surface area contributed by atoms with Gasteiger partial charge in [0.1, 0.15) is 0 Å². The molecule has 0 spiro atoms. The molecule has 23 heavy (non-hydrogen) atoms. The SMILES string of the molecule is O=C(CCCCCCC(=O)Nc1cnc2ccccc2c1)NO. The zero-order chi connectivity index (χ0) is 16.5. The van der Waals surface area contributed by atoms with Gasteiger partial charge in [0, 0.05) is 18.2 Å². The first-order chi connectivity index (χ1) is 11.2. The number of amides is 2. The Hall–Kier alpha value is -2.47. The van der Waals surface area contributed by atoms with Crippen LogP contribution in [0.3, 0.4) is 0 Å². The molecule has 0 bridgehead atoms. The zero-order valence-electron chi connectivity index (χ0n) is 12.9. The summed E-state index contributed by atoms with van der Waals surface area (Å²) in [4.78, 5) is 27.0. The number of hydrogen-bond donors (Lipinski definition) is 3. The van der Waals surface area contributed by atoms with E-state index in [1.807, 2.05) is 30.3 Å². The number of hydrogen-bond acceptors (Lipinski definition) is 4. The summed E-state index contributed by atoms with van der Waals surface area (Å²) in [5.74, 6) is -0.401. The molecule has 6 nitrogen and oxygen atoms in total. The Morgan fingerprint density at radius 1 is 1.00 bits per heavy atom. The van der Waals surface area contributed by atoms with Crippen molar-refractivity contribution in [3.8, 4) is 0 Å². The molecule has 0 saturated heterocycles. The van der Waals surface area contributed by atoms with Crippen molar-refractivity contribution in [2.24, 2.45) is 0 Å². The van der Waals surface area contributed by atoms with Crippen LogP contribution in [0.25, 0.3) is 10.9 Å². The van der Waals surface area contributed by atoms with Gasteiger partial charge in [0.25, 0.3) is 0 Å². The van der Waals surface area contributed by atoms with Crippen LogP contribution in [0.1, 0.15) is 38.5 Å². The molecule has 2 rings (SSSR count). The number of benzene rings is 1. The van der Waals surface area contributed by atoms with Crippen molar-refractivity contribution in [1.82, 2.24) is 10.5 Å². The highest BCUT2D eigenvalue weighted by Gasteiger charge is 2.04. The van der Waals surface area contributed by atoms with Crippen LogP contribution in [0.2, 0.25) is 0 Å². The van der Waals surface area contributed by atoms with Crippen molar-refractivity contribution in [2.75, 3.05) is 5.32 Å². The number of hydroxylamine groups is 1. The molecule has 0 atom stereocenters. The predicted octanol–water partition coefficient (Wildman–Crippen LogP) is 3.02. The van der Waals surface area contributed by atoms with Crippen LogP contribution in [0.15, 0.2) is 36.5 Å². The number of unbranched alkanes of at least 4 members (excludes halogenated alkanes) is 3. The Bertz CT molecular complexity index is 673. The van der Waals surface area contributed by atoms with Crippen LogP contribution in [-0.4, -0.2) is 22.0 Å². The molecule has 2 aromatic rings. The molecule has 3 N–H and O–H groups in total. The molecule has 122 valence electrons. The van der Waals surface area contributed by atoms with E-state index >= 15 is 0 Å². The van der Waals surface area contributed by atoms with E-state index in [0.717, 1.165) is 30.2 Å². The van der Waals surface area contributed by atoms with Gasteiger partial charge in [-0.05, 0) is 25.0 Å². The lowest BCUT2D eigenvalue weighted by atomic mass is 10.1. The molecule has 0 fully saturated rings. The van der Waals surface area contributed by atoms with Crippen molar-refractivity contribution in [3.05, 3.63) is 36.5 Å². The fourth-order valence-corrected chi connectivity index (χ4v) is 2.34. The Labute approximate surface area is 134 Å². The number of aromatic nitrogens is 1. The molecule has 1 heterocycles. The molecule has 0 aliphatic rings. The van der Waals surface area contributed by atoms with Crippen LogP contribution < -0.4 is 10.8 Å². The Kier molecular flexibility index (Phi) is 6.50. The maximum atomic E-state index is 11.9. The molecule has 6 heteroatoms. The number of nitrogens with one attached hydrogen (secondary N) is 2. The van der Waals surface area contributed by atoms with E-state index in [-0.39, 0.29) is 11.8 Å². The molecule has 0 saturated carbocycles. The fourth-order valence-electron chi connectivity index (χ4n) is 2.34. The number of anilines is 1. The first-order valence-corrected chi connectivity index (χ1v) is 7.76. The highest BCUT2D eigenvalue weighted by atomic mass is 16.5. The van der Waals surface area contributed by atoms with Crippen molar-refractivity contribution in [2.45, 2.75) is 38.5 Å². The van der Waals surface area contributed by atoms with Crippen molar-refractivity contribution in [1.29, 1.82) is 0 Å².